The molecular weight excluding hydrogens is 292 g/mol. The van der Waals surface area contributed by atoms with Crippen molar-refractivity contribution in [2.24, 2.45) is 0 Å². The molecule has 0 N–H and O–H groups in total. The van der Waals surface area contributed by atoms with E-state index in [9.17, 15) is 4.79 Å². The van der Waals surface area contributed by atoms with Gasteiger partial charge >= 0.3 is 0 Å². The van der Waals surface area contributed by atoms with Crippen molar-refractivity contribution in [3.8, 4) is 0 Å². The Hall–Kier alpha value is -2.21. The minimum Gasteiger partial charge on any atom is -0.464 e. The Morgan fingerprint density at radius 1 is 1.39 bits per heavy atom. The van der Waals surface area contributed by atoms with Gasteiger partial charge in [0.1, 0.15) is 17.3 Å². The molecule has 2 aromatic rings. The number of aryl methyl sites for hydroxylation is 2. The van der Waals surface area contributed by atoms with Gasteiger partial charge in [0.2, 0.25) is 5.91 Å². The molecular formula is C17H22N4O2. The van der Waals surface area contributed by atoms with Gasteiger partial charge in [0.15, 0.2) is 0 Å². The number of carbonyl (C=O) groups excluding carboxylic acids is 1. The summed E-state index contributed by atoms with van der Waals surface area (Å²) >= 11 is 0. The summed E-state index contributed by atoms with van der Waals surface area (Å²) in [7, 11) is 1.81. The first-order chi connectivity index (χ1) is 11.0. The highest BCUT2D eigenvalue weighted by molar-refractivity contribution is 5.78. The van der Waals surface area contributed by atoms with Crippen molar-refractivity contribution in [3.63, 3.8) is 0 Å². The largest absolute Gasteiger partial charge is 0.464 e. The highest BCUT2D eigenvalue weighted by Gasteiger charge is 2.21. The van der Waals surface area contributed by atoms with Crippen LogP contribution in [0, 0.1) is 13.8 Å². The van der Waals surface area contributed by atoms with Crippen LogP contribution < -0.4 is 0 Å². The third-order valence-corrected chi connectivity index (χ3v) is 4.12. The molecule has 3 rings (SSSR count). The van der Waals surface area contributed by atoms with E-state index >= 15 is 0 Å². The molecule has 0 atom stereocenters. The molecule has 1 amide bonds. The van der Waals surface area contributed by atoms with E-state index in [4.69, 9.17) is 4.42 Å². The summed E-state index contributed by atoms with van der Waals surface area (Å²) in [4.78, 5) is 25.0. The van der Waals surface area contributed by atoms with Crippen molar-refractivity contribution in [1.82, 2.24) is 19.8 Å². The average Bonchev–Trinajstić information content (AvgIpc) is 2.91. The molecule has 6 nitrogen and oxygen atoms in total. The van der Waals surface area contributed by atoms with E-state index in [0.29, 0.717) is 19.6 Å². The first kappa shape index (κ1) is 15.7. The number of likely N-dealkylation sites (N-methyl/N-ethyl adjacent to an activating group) is 1. The van der Waals surface area contributed by atoms with Crippen molar-refractivity contribution in [2.45, 2.75) is 33.4 Å². The smallest absolute Gasteiger partial charge is 0.236 e. The third-order valence-electron chi connectivity index (χ3n) is 4.12. The lowest BCUT2D eigenvalue weighted by atomic mass is 10.1. The van der Waals surface area contributed by atoms with Gasteiger partial charge in [-0.2, -0.15) is 0 Å². The van der Waals surface area contributed by atoms with Gasteiger partial charge in [0.05, 0.1) is 18.8 Å². The van der Waals surface area contributed by atoms with Gasteiger partial charge in [0.25, 0.3) is 0 Å². The zero-order valence-corrected chi connectivity index (χ0v) is 13.9. The fourth-order valence-electron chi connectivity index (χ4n) is 2.80. The quantitative estimate of drug-likeness (QED) is 0.859. The molecule has 0 aliphatic carbocycles. The molecule has 0 fully saturated rings. The van der Waals surface area contributed by atoms with Crippen molar-refractivity contribution in [3.05, 3.63) is 46.9 Å². The van der Waals surface area contributed by atoms with E-state index < -0.39 is 0 Å². The lowest BCUT2D eigenvalue weighted by Gasteiger charge is -2.28. The molecule has 3 heterocycles. The third kappa shape index (κ3) is 3.76. The molecule has 0 bridgehead atoms. The van der Waals surface area contributed by atoms with Crippen molar-refractivity contribution >= 4 is 5.91 Å². The van der Waals surface area contributed by atoms with Crippen LogP contribution in [0.2, 0.25) is 0 Å². The number of fused-ring (bicyclic) bond motifs is 1. The van der Waals surface area contributed by atoms with Gasteiger partial charge in [-0.25, -0.2) is 9.97 Å². The molecule has 0 unspecified atom stereocenters. The zero-order chi connectivity index (χ0) is 16.4. The molecule has 2 aromatic heterocycles. The lowest BCUT2D eigenvalue weighted by Crippen LogP contribution is -2.40. The van der Waals surface area contributed by atoms with Crippen molar-refractivity contribution in [1.29, 1.82) is 0 Å². The maximum absolute atomic E-state index is 12.4. The van der Waals surface area contributed by atoms with Crippen LogP contribution in [0.15, 0.2) is 22.7 Å². The molecule has 6 heteroatoms. The highest BCUT2D eigenvalue weighted by Crippen LogP contribution is 2.16. The maximum atomic E-state index is 12.4. The van der Waals surface area contributed by atoms with E-state index in [1.54, 1.807) is 4.90 Å². The van der Waals surface area contributed by atoms with Gasteiger partial charge < -0.3 is 9.32 Å². The van der Waals surface area contributed by atoms with Crippen molar-refractivity contribution in [2.75, 3.05) is 20.1 Å². The Kier molecular flexibility index (Phi) is 4.43. The van der Waals surface area contributed by atoms with Crippen LogP contribution in [0.25, 0.3) is 0 Å². The minimum absolute atomic E-state index is 0.0910. The number of nitrogens with zero attached hydrogens (tertiary/aromatic N) is 4. The molecule has 0 aromatic carbocycles. The zero-order valence-electron chi connectivity index (χ0n) is 13.9. The van der Waals surface area contributed by atoms with Crippen LogP contribution in [-0.2, 0) is 24.3 Å². The Morgan fingerprint density at radius 2 is 2.22 bits per heavy atom. The monoisotopic (exact) mass is 314 g/mol. The Labute approximate surface area is 136 Å². The fraction of sp³-hybridized carbons (Fsp3) is 0.471. The van der Waals surface area contributed by atoms with E-state index in [-0.39, 0.29) is 5.91 Å². The molecule has 0 saturated heterocycles. The Bertz CT molecular complexity index is 710. The maximum Gasteiger partial charge on any atom is 0.236 e. The summed E-state index contributed by atoms with van der Waals surface area (Å²) in [5.41, 5.74) is 2.24. The van der Waals surface area contributed by atoms with Crippen LogP contribution in [0.5, 0.6) is 0 Å². The van der Waals surface area contributed by atoms with Gasteiger partial charge in [-0.15, -0.1) is 0 Å². The number of aromatic nitrogens is 2. The molecule has 0 spiro atoms. The van der Waals surface area contributed by atoms with E-state index in [1.807, 2.05) is 39.2 Å². The lowest BCUT2D eigenvalue weighted by molar-refractivity contribution is -0.132. The highest BCUT2D eigenvalue weighted by atomic mass is 16.3. The second-order valence-electron chi connectivity index (χ2n) is 6.11. The van der Waals surface area contributed by atoms with Crippen LogP contribution in [-0.4, -0.2) is 45.8 Å². The van der Waals surface area contributed by atoms with Crippen LogP contribution in [0.4, 0.5) is 0 Å². The summed E-state index contributed by atoms with van der Waals surface area (Å²) in [5, 5.41) is 0. The summed E-state index contributed by atoms with van der Waals surface area (Å²) in [6.45, 7) is 6.26. The number of rotatable bonds is 4. The number of hydrogen-bond donors (Lipinski definition) is 0. The molecule has 0 radical (unpaired) electrons. The summed E-state index contributed by atoms with van der Waals surface area (Å²) in [6.07, 6.45) is 2.80. The van der Waals surface area contributed by atoms with Gasteiger partial charge in [-0.1, -0.05) is 0 Å². The predicted octanol–water partition coefficient (Wildman–Crippen LogP) is 1.70. The van der Waals surface area contributed by atoms with Gasteiger partial charge in [-0.05, 0) is 38.0 Å². The van der Waals surface area contributed by atoms with Crippen LogP contribution in [0.1, 0.15) is 28.6 Å². The molecule has 1 aliphatic rings. The molecule has 1 aliphatic heterocycles. The second kappa shape index (κ2) is 6.50. The van der Waals surface area contributed by atoms with E-state index in [0.717, 1.165) is 36.0 Å². The number of hydrogen-bond acceptors (Lipinski definition) is 5. The average molecular weight is 314 g/mol. The van der Waals surface area contributed by atoms with E-state index in [2.05, 4.69) is 14.9 Å². The van der Waals surface area contributed by atoms with Crippen LogP contribution in [0.3, 0.4) is 0 Å². The molecule has 23 heavy (non-hydrogen) atoms. The Balaban J connectivity index is 1.58. The SMILES string of the molecule is Cc1ncc2c(n1)CN(CC(=O)N(C)Cc1ccc(C)o1)CC2. The second-order valence-corrected chi connectivity index (χ2v) is 6.11. The summed E-state index contributed by atoms with van der Waals surface area (Å²) < 4.78 is 5.53. The number of furan rings is 1. The summed E-state index contributed by atoms with van der Waals surface area (Å²) in [5.74, 6) is 2.55. The fourth-order valence-corrected chi connectivity index (χ4v) is 2.80. The van der Waals surface area contributed by atoms with Gasteiger partial charge in [-0.3, -0.25) is 9.69 Å². The minimum atomic E-state index is 0.0910. The number of carbonyl (C=O) groups is 1. The first-order valence-electron chi connectivity index (χ1n) is 7.84. The normalized spacial score (nSPS) is 14.6. The summed E-state index contributed by atoms with van der Waals surface area (Å²) in [6, 6.07) is 3.83. The Morgan fingerprint density at radius 3 is 2.96 bits per heavy atom. The van der Waals surface area contributed by atoms with Crippen LogP contribution >= 0.6 is 0 Å². The molecule has 0 saturated carbocycles. The topological polar surface area (TPSA) is 62.5 Å². The standard InChI is InChI=1S/C17H22N4O2/c1-12-4-5-15(23-12)9-20(3)17(22)11-21-7-6-14-8-18-13(2)19-16(14)10-21/h4-5,8H,6-7,9-11H2,1-3H3. The van der Waals surface area contributed by atoms with Gasteiger partial charge in [0, 0.05) is 26.3 Å². The predicted molar refractivity (Wildman–Crippen MR) is 85.7 cm³/mol. The number of amides is 1. The van der Waals surface area contributed by atoms with E-state index in [1.165, 1.54) is 5.56 Å². The molecule has 122 valence electrons. The first-order valence-corrected chi connectivity index (χ1v) is 7.84. The van der Waals surface area contributed by atoms with Crippen molar-refractivity contribution < 1.29 is 9.21 Å².